The van der Waals surface area contributed by atoms with Gasteiger partial charge in [-0.05, 0) is 37.8 Å². The van der Waals surface area contributed by atoms with Gasteiger partial charge in [-0.3, -0.25) is 4.79 Å². The molecule has 0 aliphatic heterocycles. The molecule has 104 valence electrons. The lowest BCUT2D eigenvalue weighted by molar-refractivity contribution is -0.120. The summed E-state index contributed by atoms with van der Waals surface area (Å²) >= 11 is 0. The van der Waals surface area contributed by atoms with Crippen molar-refractivity contribution in [2.75, 3.05) is 13.1 Å². The summed E-state index contributed by atoms with van der Waals surface area (Å²) in [6.07, 6.45) is 3.93. The second-order valence-electron chi connectivity index (χ2n) is 4.81. The molecule has 0 radical (unpaired) electrons. The Labute approximate surface area is 111 Å². The smallest absolute Gasteiger partial charge is 0.315 e. The van der Waals surface area contributed by atoms with Crippen LogP contribution in [0.15, 0.2) is 22.8 Å². The van der Waals surface area contributed by atoms with Crippen LogP contribution in [-0.2, 0) is 4.79 Å². The quantitative estimate of drug-likeness (QED) is 0.722. The van der Waals surface area contributed by atoms with E-state index in [4.69, 9.17) is 4.42 Å². The van der Waals surface area contributed by atoms with Crippen molar-refractivity contribution in [2.24, 2.45) is 5.92 Å². The molecule has 1 heterocycles. The van der Waals surface area contributed by atoms with E-state index in [-0.39, 0.29) is 24.5 Å². The summed E-state index contributed by atoms with van der Waals surface area (Å²) in [4.78, 5) is 23.0. The fourth-order valence-corrected chi connectivity index (χ4v) is 1.66. The van der Waals surface area contributed by atoms with Crippen LogP contribution in [0.2, 0.25) is 0 Å². The molecule has 1 aliphatic rings. The normalized spacial score (nSPS) is 15.6. The Morgan fingerprint density at radius 2 is 2.21 bits per heavy atom. The number of urea groups is 1. The number of carbonyl (C=O) groups excluding carboxylic acids is 2. The number of nitrogens with one attached hydrogen (secondary N) is 3. The Morgan fingerprint density at radius 3 is 2.84 bits per heavy atom. The van der Waals surface area contributed by atoms with Crippen LogP contribution in [0.4, 0.5) is 4.79 Å². The molecule has 1 aromatic heterocycles. The summed E-state index contributed by atoms with van der Waals surface area (Å²) in [5.74, 6) is 1.15. The Hall–Kier alpha value is -1.98. The Balaban J connectivity index is 1.62. The monoisotopic (exact) mass is 265 g/mol. The van der Waals surface area contributed by atoms with Crippen LogP contribution in [0.25, 0.3) is 0 Å². The van der Waals surface area contributed by atoms with Gasteiger partial charge >= 0.3 is 6.03 Å². The van der Waals surface area contributed by atoms with E-state index in [1.54, 1.807) is 18.4 Å². The highest BCUT2D eigenvalue weighted by atomic mass is 16.3. The van der Waals surface area contributed by atoms with Crippen molar-refractivity contribution in [1.82, 2.24) is 16.0 Å². The first kappa shape index (κ1) is 13.5. The molecule has 0 spiro atoms. The molecule has 3 N–H and O–H groups in total. The summed E-state index contributed by atoms with van der Waals surface area (Å²) in [5.41, 5.74) is 0. The predicted octanol–water partition coefficient (Wildman–Crippen LogP) is 1.17. The number of furan rings is 1. The maximum atomic E-state index is 11.6. The zero-order chi connectivity index (χ0) is 13.7. The third kappa shape index (κ3) is 4.65. The number of rotatable bonds is 6. The lowest BCUT2D eigenvalue weighted by Crippen LogP contribution is -2.43. The van der Waals surface area contributed by atoms with Crippen LogP contribution in [0, 0.1) is 5.92 Å². The predicted molar refractivity (Wildman–Crippen MR) is 69.4 cm³/mol. The molecule has 1 aliphatic carbocycles. The van der Waals surface area contributed by atoms with Crippen LogP contribution in [-0.4, -0.2) is 25.0 Å². The number of hydrogen-bond donors (Lipinski definition) is 3. The minimum atomic E-state index is -0.384. The second kappa shape index (κ2) is 6.26. The van der Waals surface area contributed by atoms with Crippen LogP contribution in [0.1, 0.15) is 31.6 Å². The minimum absolute atomic E-state index is 0.0105. The van der Waals surface area contributed by atoms with E-state index in [2.05, 4.69) is 16.0 Å². The maximum Gasteiger partial charge on any atom is 0.315 e. The topological polar surface area (TPSA) is 83.4 Å². The molecule has 6 heteroatoms. The first-order chi connectivity index (χ1) is 9.15. The highest BCUT2D eigenvalue weighted by molar-refractivity contribution is 5.83. The Morgan fingerprint density at radius 1 is 1.42 bits per heavy atom. The SMILES string of the molecule is C[C@H](NC(=O)NCC(=O)NCC1CC1)c1ccco1. The van der Waals surface area contributed by atoms with Gasteiger partial charge in [-0.25, -0.2) is 4.79 Å². The highest BCUT2D eigenvalue weighted by Gasteiger charge is 2.21. The van der Waals surface area contributed by atoms with Crippen LogP contribution in [0.5, 0.6) is 0 Å². The van der Waals surface area contributed by atoms with E-state index >= 15 is 0 Å². The van der Waals surface area contributed by atoms with Crippen LogP contribution >= 0.6 is 0 Å². The van der Waals surface area contributed by atoms with Crippen molar-refractivity contribution in [3.63, 3.8) is 0 Å². The van der Waals surface area contributed by atoms with Crippen LogP contribution < -0.4 is 16.0 Å². The van der Waals surface area contributed by atoms with Gasteiger partial charge in [-0.15, -0.1) is 0 Å². The van der Waals surface area contributed by atoms with E-state index < -0.39 is 0 Å². The third-order valence-electron chi connectivity index (χ3n) is 3.01. The van der Waals surface area contributed by atoms with E-state index in [0.29, 0.717) is 18.2 Å². The molecule has 1 atom stereocenters. The van der Waals surface area contributed by atoms with E-state index in [1.807, 2.05) is 6.92 Å². The van der Waals surface area contributed by atoms with Crippen molar-refractivity contribution in [3.05, 3.63) is 24.2 Å². The molecule has 3 amide bonds. The molecule has 0 bridgehead atoms. The maximum absolute atomic E-state index is 11.6. The average Bonchev–Trinajstić information content (AvgIpc) is 3.05. The van der Waals surface area contributed by atoms with Gasteiger partial charge in [-0.2, -0.15) is 0 Å². The van der Waals surface area contributed by atoms with E-state index in [0.717, 1.165) is 0 Å². The second-order valence-corrected chi connectivity index (χ2v) is 4.81. The third-order valence-corrected chi connectivity index (χ3v) is 3.01. The van der Waals surface area contributed by atoms with Crippen molar-refractivity contribution in [3.8, 4) is 0 Å². The zero-order valence-electron chi connectivity index (χ0n) is 10.9. The minimum Gasteiger partial charge on any atom is -0.467 e. The molecular weight excluding hydrogens is 246 g/mol. The Bertz CT molecular complexity index is 426. The van der Waals surface area contributed by atoms with Gasteiger partial charge in [0.05, 0.1) is 18.8 Å². The zero-order valence-corrected chi connectivity index (χ0v) is 10.9. The fourth-order valence-electron chi connectivity index (χ4n) is 1.66. The van der Waals surface area contributed by atoms with Gasteiger partial charge in [0.25, 0.3) is 0 Å². The molecule has 19 heavy (non-hydrogen) atoms. The number of carbonyl (C=O) groups is 2. The average molecular weight is 265 g/mol. The fraction of sp³-hybridized carbons (Fsp3) is 0.538. The lowest BCUT2D eigenvalue weighted by atomic mass is 10.2. The van der Waals surface area contributed by atoms with E-state index in [1.165, 1.54) is 12.8 Å². The molecule has 2 rings (SSSR count). The summed E-state index contributed by atoms with van der Waals surface area (Å²) in [6, 6.07) is 2.93. The van der Waals surface area contributed by atoms with Crippen molar-refractivity contribution in [2.45, 2.75) is 25.8 Å². The molecule has 0 aromatic carbocycles. The number of hydrogen-bond acceptors (Lipinski definition) is 3. The number of amides is 3. The lowest BCUT2D eigenvalue weighted by Gasteiger charge is -2.12. The first-order valence-electron chi connectivity index (χ1n) is 6.49. The molecular formula is C13H19N3O3. The Kier molecular flexibility index (Phi) is 4.43. The van der Waals surface area contributed by atoms with Gasteiger partial charge in [0.15, 0.2) is 0 Å². The highest BCUT2D eigenvalue weighted by Crippen LogP contribution is 2.27. The molecule has 6 nitrogen and oxygen atoms in total. The summed E-state index contributed by atoms with van der Waals surface area (Å²) < 4.78 is 5.17. The van der Waals surface area contributed by atoms with Crippen molar-refractivity contribution >= 4 is 11.9 Å². The molecule has 1 saturated carbocycles. The standard InChI is InChI=1S/C13H19N3O3/c1-9(11-3-2-6-19-11)16-13(18)15-8-12(17)14-7-10-4-5-10/h2-3,6,9-10H,4-5,7-8H2,1H3,(H,14,17)(H2,15,16,18)/t9-/m0/s1. The van der Waals surface area contributed by atoms with Gasteiger partial charge < -0.3 is 20.4 Å². The molecule has 1 aromatic rings. The molecule has 1 fully saturated rings. The van der Waals surface area contributed by atoms with Gasteiger partial charge in [0.2, 0.25) is 5.91 Å². The summed E-state index contributed by atoms with van der Waals surface area (Å²) in [6.45, 7) is 2.51. The molecule has 0 unspecified atom stereocenters. The van der Waals surface area contributed by atoms with E-state index in [9.17, 15) is 9.59 Å². The molecule has 0 saturated heterocycles. The van der Waals surface area contributed by atoms with Crippen LogP contribution in [0.3, 0.4) is 0 Å². The summed E-state index contributed by atoms with van der Waals surface area (Å²) in [7, 11) is 0. The summed E-state index contributed by atoms with van der Waals surface area (Å²) in [5, 5.41) is 7.99. The van der Waals surface area contributed by atoms with Gasteiger partial charge in [0.1, 0.15) is 5.76 Å². The van der Waals surface area contributed by atoms with Crippen molar-refractivity contribution < 1.29 is 14.0 Å². The van der Waals surface area contributed by atoms with Crippen molar-refractivity contribution in [1.29, 1.82) is 0 Å². The van der Waals surface area contributed by atoms with Gasteiger partial charge in [0, 0.05) is 6.54 Å². The van der Waals surface area contributed by atoms with Gasteiger partial charge in [-0.1, -0.05) is 0 Å². The first-order valence-corrected chi connectivity index (χ1v) is 6.49. The largest absolute Gasteiger partial charge is 0.467 e.